The van der Waals surface area contributed by atoms with Gasteiger partial charge in [0.25, 0.3) is 5.91 Å². The van der Waals surface area contributed by atoms with E-state index < -0.39 is 5.97 Å². The zero-order chi connectivity index (χ0) is 16.7. The van der Waals surface area contributed by atoms with E-state index in [1.807, 2.05) is 12.1 Å². The summed E-state index contributed by atoms with van der Waals surface area (Å²) in [5, 5.41) is 9.26. The molecule has 1 aliphatic heterocycles. The molecule has 4 rings (SSSR count). The molecule has 0 saturated carbocycles. The van der Waals surface area contributed by atoms with Crippen molar-refractivity contribution in [1.82, 2.24) is 9.88 Å². The Labute approximate surface area is 139 Å². The monoisotopic (exact) mass is 322 g/mol. The quantitative estimate of drug-likeness (QED) is 0.922. The number of hydrogen-bond acceptors (Lipinski definition) is 3. The average Bonchev–Trinajstić information content (AvgIpc) is 3.07. The number of carbonyl (C=O) groups is 2. The highest BCUT2D eigenvalue weighted by atomic mass is 16.4. The van der Waals surface area contributed by atoms with Gasteiger partial charge in [-0.05, 0) is 60.1 Å². The predicted octanol–water partition coefficient (Wildman–Crippen LogP) is 2.47. The zero-order valence-electron chi connectivity index (χ0n) is 13.3. The number of fused-ring (bicyclic) bond motifs is 2. The molecule has 1 N–H and O–H groups in total. The van der Waals surface area contributed by atoms with Crippen LogP contribution in [0.2, 0.25) is 0 Å². The molecular weight excluding hydrogens is 304 g/mol. The minimum atomic E-state index is -0.960. The van der Waals surface area contributed by atoms with E-state index in [0.717, 1.165) is 36.0 Å². The first kappa shape index (κ1) is 14.9. The fourth-order valence-electron chi connectivity index (χ4n) is 3.74. The standard InChI is InChI=1S/C19H18N2O3/c22-18(14-5-4-12-2-1-3-13(12)8-14)21-7-6-16-15(11-21)9-20-10-17(16)19(23)24/h4-5,8-10H,1-3,6-7,11H2,(H,23,24). The summed E-state index contributed by atoms with van der Waals surface area (Å²) >= 11 is 0. The zero-order valence-corrected chi connectivity index (χ0v) is 13.3. The molecule has 2 heterocycles. The van der Waals surface area contributed by atoms with Crippen LogP contribution in [-0.4, -0.2) is 33.4 Å². The van der Waals surface area contributed by atoms with Crippen molar-refractivity contribution in [1.29, 1.82) is 0 Å². The van der Waals surface area contributed by atoms with Crippen molar-refractivity contribution in [2.75, 3.05) is 6.54 Å². The minimum Gasteiger partial charge on any atom is -0.478 e. The number of rotatable bonds is 2. The number of nitrogens with zero attached hydrogens (tertiary/aromatic N) is 2. The number of carbonyl (C=O) groups excluding carboxylic acids is 1. The lowest BCUT2D eigenvalue weighted by atomic mass is 9.96. The van der Waals surface area contributed by atoms with Crippen LogP contribution >= 0.6 is 0 Å². The third-order valence-corrected chi connectivity index (χ3v) is 5.00. The third-order valence-electron chi connectivity index (χ3n) is 5.00. The van der Waals surface area contributed by atoms with Gasteiger partial charge in [-0.15, -0.1) is 0 Å². The summed E-state index contributed by atoms with van der Waals surface area (Å²) in [6.07, 6.45) is 6.92. The Balaban J connectivity index is 1.59. The number of aryl methyl sites for hydroxylation is 2. The van der Waals surface area contributed by atoms with Gasteiger partial charge in [-0.25, -0.2) is 4.79 Å². The summed E-state index contributed by atoms with van der Waals surface area (Å²) in [6.45, 7) is 0.951. The number of carboxylic acid groups (broad SMARTS) is 1. The Morgan fingerprint density at radius 1 is 1.04 bits per heavy atom. The summed E-state index contributed by atoms with van der Waals surface area (Å²) in [4.78, 5) is 29.9. The molecule has 1 aliphatic carbocycles. The molecule has 0 atom stereocenters. The predicted molar refractivity (Wildman–Crippen MR) is 88.1 cm³/mol. The fourth-order valence-corrected chi connectivity index (χ4v) is 3.74. The van der Waals surface area contributed by atoms with E-state index in [1.54, 1.807) is 11.1 Å². The first-order valence-corrected chi connectivity index (χ1v) is 8.23. The van der Waals surface area contributed by atoms with Crippen LogP contribution < -0.4 is 0 Å². The first-order chi connectivity index (χ1) is 11.6. The van der Waals surface area contributed by atoms with Gasteiger partial charge in [0.15, 0.2) is 0 Å². The van der Waals surface area contributed by atoms with Crippen LogP contribution in [0.15, 0.2) is 30.6 Å². The maximum absolute atomic E-state index is 12.8. The molecule has 0 spiro atoms. The van der Waals surface area contributed by atoms with Gasteiger partial charge in [-0.1, -0.05) is 6.07 Å². The number of hydrogen-bond donors (Lipinski definition) is 1. The van der Waals surface area contributed by atoms with Gasteiger partial charge in [-0.3, -0.25) is 9.78 Å². The third kappa shape index (κ3) is 2.46. The van der Waals surface area contributed by atoms with Gasteiger partial charge >= 0.3 is 5.97 Å². The van der Waals surface area contributed by atoms with Gasteiger partial charge in [-0.2, -0.15) is 0 Å². The number of aromatic nitrogens is 1. The molecule has 0 fully saturated rings. The van der Waals surface area contributed by atoms with Crippen LogP contribution in [0.25, 0.3) is 0 Å². The van der Waals surface area contributed by atoms with E-state index >= 15 is 0 Å². The number of carboxylic acids is 1. The molecule has 5 nitrogen and oxygen atoms in total. The van der Waals surface area contributed by atoms with Crippen LogP contribution in [0.4, 0.5) is 0 Å². The van der Waals surface area contributed by atoms with E-state index in [2.05, 4.69) is 11.1 Å². The van der Waals surface area contributed by atoms with Crippen molar-refractivity contribution in [3.05, 3.63) is 64.0 Å². The second-order valence-electron chi connectivity index (χ2n) is 6.44. The molecule has 122 valence electrons. The Morgan fingerprint density at radius 3 is 2.71 bits per heavy atom. The van der Waals surface area contributed by atoms with Crippen LogP contribution in [0.5, 0.6) is 0 Å². The average molecular weight is 322 g/mol. The number of amides is 1. The van der Waals surface area contributed by atoms with Gasteiger partial charge in [0.1, 0.15) is 0 Å². The Hall–Kier alpha value is -2.69. The molecule has 24 heavy (non-hydrogen) atoms. The smallest absolute Gasteiger partial charge is 0.337 e. The Kier molecular flexibility index (Phi) is 3.56. The van der Waals surface area contributed by atoms with Gasteiger partial charge in [0.2, 0.25) is 0 Å². The van der Waals surface area contributed by atoms with Crippen molar-refractivity contribution in [3.8, 4) is 0 Å². The lowest BCUT2D eigenvalue weighted by molar-refractivity contribution is 0.0693. The molecule has 5 heteroatoms. The Morgan fingerprint density at radius 2 is 1.88 bits per heavy atom. The molecule has 1 amide bonds. The molecule has 1 aromatic heterocycles. The maximum Gasteiger partial charge on any atom is 0.337 e. The van der Waals surface area contributed by atoms with E-state index in [4.69, 9.17) is 0 Å². The summed E-state index contributed by atoms with van der Waals surface area (Å²) in [6, 6.07) is 6.00. The molecule has 1 aromatic carbocycles. The number of pyridine rings is 1. The highest BCUT2D eigenvalue weighted by Crippen LogP contribution is 2.26. The fraction of sp³-hybridized carbons (Fsp3) is 0.316. The van der Waals surface area contributed by atoms with E-state index in [9.17, 15) is 14.7 Å². The first-order valence-electron chi connectivity index (χ1n) is 8.23. The van der Waals surface area contributed by atoms with Gasteiger partial charge in [0, 0.05) is 31.0 Å². The minimum absolute atomic E-state index is 0.0103. The van der Waals surface area contributed by atoms with Crippen LogP contribution in [0.1, 0.15) is 49.4 Å². The summed E-state index contributed by atoms with van der Waals surface area (Å²) in [5.41, 5.74) is 5.24. The van der Waals surface area contributed by atoms with E-state index in [-0.39, 0.29) is 11.5 Å². The SMILES string of the molecule is O=C(O)c1cncc2c1CCN(C(=O)c1ccc3c(c1)CCC3)C2. The Bertz CT molecular complexity index is 845. The van der Waals surface area contributed by atoms with Crippen LogP contribution in [-0.2, 0) is 25.8 Å². The molecule has 2 aliphatic rings. The second-order valence-corrected chi connectivity index (χ2v) is 6.44. The highest BCUT2D eigenvalue weighted by Gasteiger charge is 2.26. The summed E-state index contributed by atoms with van der Waals surface area (Å²) in [5.74, 6) is -0.950. The second kappa shape index (κ2) is 5.74. The van der Waals surface area contributed by atoms with Gasteiger partial charge < -0.3 is 10.0 Å². The summed E-state index contributed by atoms with van der Waals surface area (Å²) in [7, 11) is 0. The molecule has 2 aromatic rings. The molecule has 0 bridgehead atoms. The van der Waals surface area contributed by atoms with E-state index in [0.29, 0.717) is 19.5 Å². The van der Waals surface area contributed by atoms with Crippen molar-refractivity contribution in [2.24, 2.45) is 0 Å². The molecule has 0 radical (unpaired) electrons. The normalized spacial score (nSPS) is 15.8. The van der Waals surface area contributed by atoms with Crippen molar-refractivity contribution in [3.63, 3.8) is 0 Å². The van der Waals surface area contributed by atoms with Crippen molar-refractivity contribution in [2.45, 2.75) is 32.2 Å². The lowest BCUT2D eigenvalue weighted by Gasteiger charge is -2.29. The summed E-state index contributed by atoms with van der Waals surface area (Å²) < 4.78 is 0. The van der Waals surface area contributed by atoms with Crippen LogP contribution in [0, 0.1) is 0 Å². The topological polar surface area (TPSA) is 70.5 Å². The molecule has 0 unspecified atom stereocenters. The number of benzene rings is 1. The number of aromatic carboxylic acids is 1. The van der Waals surface area contributed by atoms with E-state index in [1.165, 1.54) is 17.3 Å². The maximum atomic E-state index is 12.8. The highest BCUT2D eigenvalue weighted by molar-refractivity contribution is 5.95. The largest absolute Gasteiger partial charge is 0.478 e. The van der Waals surface area contributed by atoms with Gasteiger partial charge in [0.05, 0.1) is 5.56 Å². The molecular formula is C19H18N2O3. The van der Waals surface area contributed by atoms with Crippen LogP contribution in [0.3, 0.4) is 0 Å². The van der Waals surface area contributed by atoms with Crippen molar-refractivity contribution >= 4 is 11.9 Å². The molecule has 0 saturated heterocycles. The lowest BCUT2D eigenvalue weighted by Crippen LogP contribution is -2.36. The van der Waals surface area contributed by atoms with Crippen molar-refractivity contribution < 1.29 is 14.7 Å².